The Morgan fingerprint density at radius 2 is 2.17 bits per heavy atom. The molecule has 0 aromatic heterocycles. The molecule has 1 heterocycles. The van der Waals surface area contributed by atoms with Crippen LogP contribution in [0.1, 0.15) is 6.92 Å². The zero-order chi connectivity index (χ0) is 9.14. The summed E-state index contributed by atoms with van der Waals surface area (Å²) in [7, 11) is 0. The molecule has 1 rings (SSSR count). The van der Waals surface area contributed by atoms with Crippen LogP contribution < -0.4 is 0 Å². The van der Waals surface area contributed by atoms with Gasteiger partial charge in [0.25, 0.3) is 0 Å². The van der Waals surface area contributed by atoms with Crippen molar-refractivity contribution in [2.24, 2.45) is 0 Å². The van der Waals surface area contributed by atoms with Gasteiger partial charge in [0.2, 0.25) is 0 Å². The molecule has 0 saturated heterocycles. The molecule has 12 heavy (non-hydrogen) atoms. The second kappa shape index (κ2) is 3.59. The van der Waals surface area contributed by atoms with Gasteiger partial charge in [-0.25, -0.2) is 0 Å². The zero-order valence-corrected chi connectivity index (χ0v) is 7.78. The molecule has 0 aliphatic carbocycles. The molecule has 0 atom stereocenters. The van der Waals surface area contributed by atoms with Crippen molar-refractivity contribution in [3.8, 4) is 0 Å². The Labute approximate surface area is 76.5 Å². The first-order chi connectivity index (χ1) is 5.70. The highest BCUT2D eigenvalue weighted by molar-refractivity contribution is 8.08. The summed E-state index contributed by atoms with van der Waals surface area (Å²) < 4.78 is 0. The third kappa shape index (κ3) is 1.43. The number of thioether (sulfide) groups is 1. The Hall–Kier alpha value is -1.02. The van der Waals surface area contributed by atoms with Gasteiger partial charge in [0.1, 0.15) is 0 Å². The van der Waals surface area contributed by atoms with Crippen LogP contribution >= 0.6 is 11.8 Å². The fourth-order valence-corrected chi connectivity index (χ4v) is 1.79. The first-order valence-electron chi connectivity index (χ1n) is 3.61. The number of ketones is 1. The molecule has 0 unspecified atom stereocenters. The second-order valence-corrected chi connectivity index (χ2v) is 3.47. The quantitative estimate of drug-likeness (QED) is 0.605. The van der Waals surface area contributed by atoms with Gasteiger partial charge >= 0.3 is 0 Å². The van der Waals surface area contributed by atoms with Crippen molar-refractivity contribution < 1.29 is 4.79 Å². The minimum atomic E-state index is 0.0213. The first-order valence-corrected chi connectivity index (χ1v) is 4.43. The molecule has 0 fully saturated rings. The molecular weight excluding hydrogens is 168 g/mol. The van der Waals surface area contributed by atoms with Gasteiger partial charge in [-0.2, -0.15) is 0 Å². The van der Waals surface area contributed by atoms with Gasteiger partial charge in [0, 0.05) is 10.5 Å². The SMILES string of the molecule is C=CC1=C(/C=C\C)C(=O)C(=C)S1. The normalized spacial score (nSPS) is 18.1. The zero-order valence-electron chi connectivity index (χ0n) is 6.96. The predicted octanol–water partition coefficient (Wildman–Crippen LogP) is 2.83. The van der Waals surface area contributed by atoms with Crippen molar-refractivity contribution in [3.05, 3.63) is 46.8 Å². The van der Waals surface area contributed by atoms with Crippen LogP contribution in [0.25, 0.3) is 0 Å². The molecule has 0 radical (unpaired) electrons. The highest BCUT2D eigenvalue weighted by Crippen LogP contribution is 2.38. The molecule has 0 aromatic rings. The minimum absolute atomic E-state index is 0.0213. The van der Waals surface area contributed by atoms with Crippen LogP contribution in [-0.4, -0.2) is 5.78 Å². The molecule has 0 amide bonds. The van der Waals surface area contributed by atoms with Gasteiger partial charge in [-0.1, -0.05) is 43.1 Å². The number of allylic oxidation sites excluding steroid dienone is 5. The summed E-state index contributed by atoms with van der Waals surface area (Å²) >= 11 is 1.39. The van der Waals surface area contributed by atoms with E-state index in [2.05, 4.69) is 13.2 Å². The van der Waals surface area contributed by atoms with Crippen LogP contribution in [0.5, 0.6) is 0 Å². The summed E-state index contributed by atoms with van der Waals surface area (Å²) in [5.41, 5.74) is 0.711. The number of Topliss-reactive ketones (excluding diaryl/α,β-unsaturated/α-hetero) is 1. The summed E-state index contributed by atoms with van der Waals surface area (Å²) in [6.07, 6.45) is 5.33. The highest BCUT2D eigenvalue weighted by Gasteiger charge is 2.23. The lowest BCUT2D eigenvalue weighted by atomic mass is 10.1. The van der Waals surface area contributed by atoms with Crippen LogP contribution in [0.3, 0.4) is 0 Å². The Bertz CT molecular complexity index is 308. The van der Waals surface area contributed by atoms with Crippen LogP contribution in [0.15, 0.2) is 46.8 Å². The summed E-state index contributed by atoms with van der Waals surface area (Å²) in [6, 6.07) is 0. The molecule has 0 aromatic carbocycles. The van der Waals surface area contributed by atoms with Crippen LogP contribution in [0.2, 0.25) is 0 Å². The van der Waals surface area contributed by atoms with Crippen LogP contribution in [0.4, 0.5) is 0 Å². The van der Waals surface area contributed by atoms with Gasteiger partial charge in [0.05, 0.1) is 4.91 Å². The Kier molecular flexibility index (Phi) is 2.71. The third-order valence-corrected chi connectivity index (χ3v) is 2.55. The van der Waals surface area contributed by atoms with Gasteiger partial charge in [-0.05, 0) is 6.92 Å². The highest BCUT2D eigenvalue weighted by atomic mass is 32.2. The van der Waals surface area contributed by atoms with Gasteiger partial charge in [0.15, 0.2) is 5.78 Å². The number of carbonyl (C=O) groups excluding carboxylic acids is 1. The molecule has 0 bridgehead atoms. The maximum atomic E-state index is 11.4. The largest absolute Gasteiger partial charge is 0.288 e. The van der Waals surface area contributed by atoms with E-state index in [1.807, 2.05) is 13.0 Å². The molecular formula is C10H10OS. The number of hydrogen-bond donors (Lipinski definition) is 0. The molecule has 0 N–H and O–H groups in total. The van der Waals surface area contributed by atoms with Crippen molar-refractivity contribution in [3.63, 3.8) is 0 Å². The van der Waals surface area contributed by atoms with E-state index in [1.165, 1.54) is 11.8 Å². The molecule has 1 aliphatic rings. The number of rotatable bonds is 2. The van der Waals surface area contributed by atoms with Crippen molar-refractivity contribution in [2.75, 3.05) is 0 Å². The van der Waals surface area contributed by atoms with Crippen molar-refractivity contribution in [1.29, 1.82) is 0 Å². The van der Waals surface area contributed by atoms with E-state index in [0.717, 1.165) is 4.91 Å². The van der Waals surface area contributed by atoms with Crippen molar-refractivity contribution in [1.82, 2.24) is 0 Å². The topological polar surface area (TPSA) is 17.1 Å². The average Bonchev–Trinajstić information content (AvgIpc) is 2.33. The van der Waals surface area contributed by atoms with E-state index in [9.17, 15) is 4.79 Å². The van der Waals surface area contributed by atoms with Gasteiger partial charge in [-0.3, -0.25) is 4.79 Å². The molecule has 1 nitrogen and oxygen atoms in total. The second-order valence-electron chi connectivity index (χ2n) is 2.34. The molecule has 62 valence electrons. The Morgan fingerprint density at radius 1 is 1.50 bits per heavy atom. The number of carbonyl (C=O) groups is 1. The van der Waals surface area contributed by atoms with E-state index in [1.54, 1.807) is 12.2 Å². The molecule has 0 saturated carbocycles. The maximum Gasteiger partial charge on any atom is 0.200 e. The van der Waals surface area contributed by atoms with E-state index < -0.39 is 0 Å². The Morgan fingerprint density at radius 3 is 2.67 bits per heavy atom. The lowest BCUT2D eigenvalue weighted by Gasteiger charge is -1.90. The average molecular weight is 178 g/mol. The Balaban J connectivity index is 3.11. The van der Waals surface area contributed by atoms with Crippen LogP contribution in [0, 0.1) is 0 Å². The fourth-order valence-electron chi connectivity index (χ4n) is 0.972. The van der Waals surface area contributed by atoms with E-state index in [-0.39, 0.29) is 5.78 Å². The van der Waals surface area contributed by atoms with E-state index in [4.69, 9.17) is 0 Å². The summed E-state index contributed by atoms with van der Waals surface area (Å²) in [5.74, 6) is 0.0213. The molecule has 0 spiro atoms. The molecule has 1 aliphatic heterocycles. The van der Waals surface area contributed by atoms with Crippen LogP contribution in [-0.2, 0) is 4.79 Å². The van der Waals surface area contributed by atoms with Gasteiger partial charge < -0.3 is 0 Å². The third-order valence-electron chi connectivity index (χ3n) is 1.52. The summed E-state index contributed by atoms with van der Waals surface area (Å²) in [5, 5.41) is 0. The van der Waals surface area contributed by atoms with Crippen molar-refractivity contribution >= 4 is 17.5 Å². The fraction of sp³-hybridized carbons (Fsp3) is 0.100. The molecule has 2 heteroatoms. The monoisotopic (exact) mass is 178 g/mol. The minimum Gasteiger partial charge on any atom is -0.288 e. The lowest BCUT2D eigenvalue weighted by Crippen LogP contribution is -1.94. The lowest BCUT2D eigenvalue weighted by molar-refractivity contribution is -0.111. The first kappa shape index (κ1) is 9.07. The van der Waals surface area contributed by atoms with Gasteiger partial charge in [-0.15, -0.1) is 0 Å². The van der Waals surface area contributed by atoms with E-state index in [0.29, 0.717) is 10.5 Å². The predicted molar refractivity (Wildman–Crippen MR) is 53.8 cm³/mol. The summed E-state index contributed by atoms with van der Waals surface area (Å²) in [4.78, 5) is 12.9. The number of hydrogen-bond acceptors (Lipinski definition) is 2. The summed E-state index contributed by atoms with van der Waals surface area (Å²) in [6.45, 7) is 9.18. The van der Waals surface area contributed by atoms with E-state index >= 15 is 0 Å². The standard InChI is InChI=1S/C10H10OS/c1-4-6-8-9(5-2)12-7(3)10(8)11/h4-6H,2-3H2,1H3/b6-4-. The smallest absolute Gasteiger partial charge is 0.200 e. The maximum absolute atomic E-state index is 11.4. The van der Waals surface area contributed by atoms with Crippen molar-refractivity contribution in [2.45, 2.75) is 6.92 Å².